The average molecular weight is 354 g/mol. The Morgan fingerprint density at radius 2 is 2.12 bits per heavy atom. The highest BCUT2D eigenvalue weighted by Crippen LogP contribution is 2.39. The van der Waals surface area contributed by atoms with Crippen LogP contribution in [0.4, 0.5) is 10.1 Å². The van der Waals surface area contributed by atoms with Gasteiger partial charge in [-0.3, -0.25) is 9.89 Å². The molecule has 26 heavy (non-hydrogen) atoms. The summed E-state index contributed by atoms with van der Waals surface area (Å²) >= 11 is 0. The standard InChI is InChI=1S/C18H15FN4O3/c19-13-3-11-15(4-16(13)22-6-9-5-20-21-14(9)8-22)23(10-1-2-10)7-12(17(11)24)18(25)26/h3-5,7,10H,1-2,6,8H2,(H,20,21)(H,25,26). The van der Waals surface area contributed by atoms with Crippen molar-refractivity contribution in [2.24, 2.45) is 0 Å². The molecule has 0 bridgehead atoms. The Morgan fingerprint density at radius 3 is 2.81 bits per heavy atom. The molecule has 3 aromatic rings. The summed E-state index contributed by atoms with van der Waals surface area (Å²) in [5.41, 5.74) is 1.98. The third kappa shape index (κ3) is 2.15. The summed E-state index contributed by atoms with van der Waals surface area (Å²) in [6.45, 7) is 1.05. The number of carboxylic acids is 1. The van der Waals surface area contributed by atoms with Gasteiger partial charge in [0.15, 0.2) is 0 Å². The molecule has 2 aromatic heterocycles. The second-order valence-corrected chi connectivity index (χ2v) is 6.87. The highest BCUT2D eigenvalue weighted by atomic mass is 19.1. The Morgan fingerprint density at radius 1 is 1.31 bits per heavy atom. The largest absolute Gasteiger partial charge is 0.477 e. The zero-order valence-electron chi connectivity index (χ0n) is 13.7. The van der Waals surface area contributed by atoms with Crippen LogP contribution in [0.3, 0.4) is 0 Å². The number of aromatic nitrogens is 3. The van der Waals surface area contributed by atoms with Crippen molar-refractivity contribution in [1.82, 2.24) is 14.8 Å². The van der Waals surface area contributed by atoms with E-state index in [1.807, 2.05) is 4.90 Å². The first-order chi connectivity index (χ1) is 12.5. The molecule has 0 atom stereocenters. The van der Waals surface area contributed by atoms with Crippen molar-refractivity contribution in [2.45, 2.75) is 32.0 Å². The van der Waals surface area contributed by atoms with E-state index in [4.69, 9.17) is 0 Å². The van der Waals surface area contributed by atoms with Crippen LogP contribution >= 0.6 is 0 Å². The number of fused-ring (bicyclic) bond motifs is 2. The quantitative estimate of drug-likeness (QED) is 0.754. The summed E-state index contributed by atoms with van der Waals surface area (Å²) in [4.78, 5) is 25.8. The van der Waals surface area contributed by atoms with Crippen molar-refractivity contribution >= 4 is 22.6 Å². The number of hydrogen-bond donors (Lipinski definition) is 2. The molecule has 2 aliphatic rings. The number of aromatic carboxylic acids is 1. The second-order valence-electron chi connectivity index (χ2n) is 6.87. The molecule has 1 saturated carbocycles. The van der Waals surface area contributed by atoms with Crippen molar-refractivity contribution < 1.29 is 14.3 Å². The first-order valence-electron chi connectivity index (χ1n) is 8.40. The lowest BCUT2D eigenvalue weighted by atomic mass is 10.1. The molecule has 0 amide bonds. The highest BCUT2D eigenvalue weighted by molar-refractivity contribution is 5.93. The summed E-state index contributed by atoms with van der Waals surface area (Å²) in [5, 5.41) is 16.3. The number of carbonyl (C=O) groups is 1. The number of nitrogens with zero attached hydrogens (tertiary/aromatic N) is 3. The summed E-state index contributed by atoms with van der Waals surface area (Å²) in [7, 11) is 0. The Hall–Kier alpha value is -3.16. The molecule has 0 unspecified atom stereocenters. The molecule has 2 N–H and O–H groups in total. The minimum absolute atomic E-state index is 0.109. The van der Waals surface area contributed by atoms with E-state index in [1.165, 1.54) is 12.3 Å². The van der Waals surface area contributed by atoms with Gasteiger partial charge in [-0.25, -0.2) is 9.18 Å². The minimum atomic E-state index is -1.29. The Labute approximate surface area is 146 Å². The Bertz CT molecular complexity index is 1110. The number of nitrogens with one attached hydrogen (secondary N) is 1. The van der Waals surface area contributed by atoms with Crippen molar-refractivity contribution in [2.75, 3.05) is 4.90 Å². The molecule has 1 aliphatic carbocycles. The van der Waals surface area contributed by atoms with Gasteiger partial charge in [0.1, 0.15) is 11.4 Å². The number of carboxylic acid groups (broad SMARTS) is 1. The molecular formula is C18H15FN4O3. The van der Waals surface area contributed by atoms with Gasteiger partial charge in [0.25, 0.3) is 0 Å². The predicted octanol–water partition coefficient (Wildman–Crippen LogP) is 2.42. The van der Waals surface area contributed by atoms with Crippen LogP contribution in [-0.2, 0) is 13.1 Å². The zero-order chi connectivity index (χ0) is 18.0. The van der Waals surface area contributed by atoms with Gasteiger partial charge in [0.05, 0.1) is 29.6 Å². The normalized spacial score (nSPS) is 16.3. The number of aromatic amines is 1. The molecular weight excluding hydrogens is 339 g/mol. The molecule has 8 heteroatoms. The van der Waals surface area contributed by atoms with Crippen molar-refractivity contribution in [3.63, 3.8) is 0 Å². The summed E-state index contributed by atoms with van der Waals surface area (Å²) in [6.07, 6.45) is 4.96. The highest BCUT2D eigenvalue weighted by Gasteiger charge is 2.29. The van der Waals surface area contributed by atoms with E-state index in [-0.39, 0.29) is 17.0 Å². The molecule has 7 nitrogen and oxygen atoms in total. The monoisotopic (exact) mass is 354 g/mol. The van der Waals surface area contributed by atoms with E-state index in [1.54, 1.807) is 16.8 Å². The van der Waals surface area contributed by atoms with Gasteiger partial charge in [0.2, 0.25) is 5.43 Å². The smallest absolute Gasteiger partial charge is 0.341 e. The fourth-order valence-corrected chi connectivity index (χ4v) is 3.64. The number of benzene rings is 1. The molecule has 1 aliphatic heterocycles. The lowest BCUT2D eigenvalue weighted by molar-refractivity contribution is 0.0695. The number of hydrogen-bond acceptors (Lipinski definition) is 4. The Kier molecular flexibility index (Phi) is 3.01. The summed E-state index contributed by atoms with van der Waals surface area (Å²) in [6, 6.07) is 2.99. The molecule has 1 fully saturated rings. The van der Waals surface area contributed by atoms with Crippen LogP contribution in [-0.4, -0.2) is 25.8 Å². The lowest BCUT2D eigenvalue weighted by Gasteiger charge is -2.20. The maximum atomic E-state index is 14.8. The summed E-state index contributed by atoms with van der Waals surface area (Å²) < 4.78 is 16.6. The molecule has 0 saturated heterocycles. The number of H-pyrrole nitrogens is 1. The van der Waals surface area contributed by atoms with E-state index in [0.717, 1.165) is 24.1 Å². The fraction of sp³-hybridized carbons (Fsp3) is 0.278. The van der Waals surface area contributed by atoms with Crippen molar-refractivity contribution in [3.05, 3.63) is 57.4 Å². The van der Waals surface area contributed by atoms with Gasteiger partial charge >= 0.3 is 5.97 Å². The molecule has 3 heterocycles. The van der Waals surface area contributed by atoms with Crippen LogP contribution < -0.4 is 10.3 Å². The zero-order valence-corrected chi connectivity index (χ0v) is 13.7. The van der Waals surface area contributed by atoms with Gasteiger partial charge in [-0.15, -0.1) is 0 Å². The maximum absolute atomic E-state index is 14.8. The van der Waals surface area contributed by atoms with Crippen molar-refractivity contribution in [1.29, 1.82) is 0 Å². The van der Waals surface area contributed by atoms with E-state index in [0.29, 0.717) is 24.3 Å². The Balaban J connectivity index is 1.70. The third-order valence-corrected chi connectivity index (χ3v) is 5.13. The van der Waals surface area contributed by atoms with Gasteiger partial charge in [0, 0.05) is 29.7 Å². The van der Waals surface area contributed by atoms with Crippen LogP contribution in [0, 0.1) is 5.82 Å². The van der Waals surface area contributed by atoms with Gasteiger partial charge in [-0.1, -0.05) is 0 Å². The topological polar surface area (TPSA) is 91.2 Å². The molecule has 0 radical (unpaired) electrons. The molecule has 132 valence electrons. The van der Waals surface area contributed by atoms with E-state index in [9.17, 15) is 19.1 Å². The van der Waals surface area contributed by atoms with E-state index >= 15 is 0 Å². The van der Waals surface area contributed by atoms with E-state index in [2.05, 4.69) is 10.2 Å². The number of halogens is 1. The SMILES string of the molecule is O=C(O)c1cn(C2CC2)c2cc(N3Cc4cn[nH]c4C3)c(F)cc2c1=O. The lowest BCUT2D eigenvalue weighted by Crippen LogP contribution is -2.21. The molecule has 0 spiro atoms. The maximum Gasteiger partial charge on any atom is 0.341 e. The number of pyridine rings is 1. The first-order valence-corrected chi connectivity index (χ1v) is 8.40. The van der Waals surface area contributed by atoms with Gasteiger partial charge < -0.3 is 14.6 Å². The van der Waals surface area contributed by atoms with Crippen LogP contribution in [0.5, 0.6) is 0 Å². The fourth-order valence-electron chi connectivity index (χ4n) is 3.64. The van der Waals surface area contributed by atoms with Gasteiger partial charge in [-0.2, -0.15) is 5.10 Å². The predicted molar refractivity (Wildman–Crippen MR) is 91.9 cm³/mol. The van der Waals surface area contributed by atoms with Crippen LogP contribution in [0.2, 0.25) is 0 Å². The first kappa shape index (κ1) is 15.1. The molecule has 5 rings (SSSR count). The third-order valence-electron chi connectivity index (χ3n) is 5.13. The number of rotatable bonds is 3. The number of anilines is 1. The summed E-state index contributed by atoms with van der Waals surface area (Å²) in [5.74, 6) is -1.82. The van der Waals surface area contributed by atoms with Crippen LogP contribution in [0.15, 0.2) is 29.3 Å². The van der Waals surface area contributed by atoms with Crippen molar-refractivity contribution in [3.8, 4) is 0 Å². The van der Waals surface area contributed by atoms with Crippen LogP contribution in [0.25, 0.3) is 10.9 Å². The average Bonchev–Trinajstić information content (AvgIpc) is 3.21. The van der Waals surface area contributed by atoms with Crippen LogP contribution in [0.1, 0.15) is 40.5 Å². The minimum Gasteiger partial charge on any atom is -0.477 e. The van der Waals surface area contributed by atoms with E-state index < -0.39 is 17.2 Å². The second kappa shape index (κ2) is 5.17. The molecule has 1 aromatic carbocycles. The van der Waals surface area contributed by atoms with Gasteiger partial charge in [-0.05, 0) is 25.0 Å².